The second-order valence-electron chi connectivity index (χ2n) is 8.44. The molecule has 31 heavy (non-hydrogen) atoms. The molecular formula is C25H31FN4O. The molecule has 1 aliphatic rings. The summed E-state index contributed by atoms with van der Waals surface area (Å²) >= 11 is 0. The Balaban J connectivity index is 1.53. The molecule has 3 atom stereocenters. The molecule has 1 aliphatic heterocycles. The number of nitrogens with zero attached hydrogens (tertiary/aromatic N) is 4. The van der Waals surface area contributed by atoms with Gasteiger partial charge in [0.25, 0.3) is 0 Å². The fourth-order valence-corrected chi connectivity index (χ4v) is 4.51. The van der Waals surface area contributed by atoms with E-state index in [2.05, 4.69) is 46.4 Å². The Bertz CT molecular complexity index is 944. The quantitative estimate of drug-likeness (QED) is 0.518. The number of benzene rings is 2. The third-order valence-corrected chi connectivity index (χ3v) is 6.24. The van der Waals surface area contributed by atoms with Crippen LogP contribution in [0.3, 0.4) is 0 Å². The first kappa shape index (κ1) is 21.7. The predicted molar refractivity (Wildman–Crippen MR) is 120 cm³/mol. The lowest BCUT2D eigenvalue weighted by Crippen LogP contribution is -2.46. The van der Waals surface area contributed by atoms with Gasteiger partial charge in [-0.1, -0.05) is 61.7 Å². The highest BCUT2D eigenvalue weighted by atomic mass is 19.1. The van der Waals surface area contributed by atoms with Crippen LogP contribution in [-0.4, -0.2) is 44.2 Å². The van der Waals surface area contributed by atoms with Crippen molar-refractivity contribution in [1.82, 2.24) is 19.9 Å². The second kappa shape index (κ2) is 10.2. The number of hydrogen-bond acceptors (Lipinski definition) is 4. The van der Waals surface area contributed by atoms with Crippen LogP contribution in [0.2, 0.25) is 0 Å². The number of halogens is 1. The molecule has 3 aromatic rings. The summed E-state index contributed by atoms with van der Waals surface area (Å²) in [6.45, 7) is 3.82. The first-order valence-corrected chi connectivity index (χ1v) is 11.3. The maximum Gasteiger partial charge on any atom is 0.123 e. The summed E-state index contributed by atoms with van der Waals surface area (Å²) < 4.78 is 15.0. The minimum Gasteiger partial charge on any atom is -0.390 e. The van der Waals surface area contributed by atoms with E-state index in [9.17, 15) is 9.50 Å². The number of aliphatic hydroxyl groups excluding tert-OH is 1. The van der Waals surface area contributed by atoms with Crippen LogP contribution in [0.1, 0.15) is 56.7 Å². The van der Waals surface area contributed by atoms with E-state index in [4.69, 9.17) is 0 Å². The lowest BCUT2D eigenvalue weighted by molar-refractivity contribution is -0.0102. The molecule has 0 unspecified atom stereocenters. The van der Waals surface area contributed by atoms with Crippen molar-refractivity contribution in [3.05, 3.63) is 72.2 Å². The van der Waals surface area contributed by atoms with E-state index in [1.807, 2.05) is 12.3 Å². The molecule has 1 aromatic heterocycles. The van der Waals surface area contributed by atoms with Crippen molar-refractivity contribution in [1.29, 1.82) is 0 Å². The van der Waals surface area contributed by atoms with Crippen molar-refractivity contribution in [2.45, 2.75) is 57.2 Å². The molecule has 1 N–H and O–H groups in total. The van der Waals surface area contributed by atoms with Gasteiger partial charge in [-0.15, -0.1) is 5.10 Å². The number of aromatic nitrogens is 3. The van der Waals surface area contributed by atoms with Crippen LogP contribution in [0.5, 0.6) is 0 Å². The highest BCUT2D eigenvalue weighted by Gasteiger charge is 2.36. The molecule has 1 fully saturated rings. The van der Waals surface area contributed by atoms with Gasteiger partial charge in [-0.25, -0.2) is 9.07 Å². The lowest BCUT2D eigenvalue weighted by Gasteiger charge is -2.42. The normalized spacial score (nSPS) is 22.0. The monoisotopic (exact) mass is 422 g/mol. The molecule has 0 amide bonds. The Morgan fingerprint density at radius 3 is 2.55 bits per heavy atom. The van der Waals surface area contributed by atoms with Gasteiger partial charge >= 0.3 is 0 Å². The first-order valence-electron chi connectivity index (χ1n) is 11.3. The summed E-state index contributed by atoms with van der Waals surface area (Å²) in [4.78, 5) is 2.42. The van der Waals surface area contributed by atoms with Crippen molar-refractivity contribution in [3.8, 4) is 11.3 Å². The van der Waals surface area contributed by atoms with E-state index in [0.717, 1.165) is 24.9 Å². The minimum absolute atomic E-state index is 0.154. The van der Waals surface area contributed by atoms with Gasteiger partial charge in [0, 0.05) is 18.2 Å². The fraction of sp³-hybridized carbons (Fsp3) is 0.440. The van der Waals surface area contributed by atoms with Crippen LogP contribution in [0.25, 0.3) is 11.3 Å². The Morgan fingerprint density at radius 2 is 1.81 bits per heavy atom. The van der Waals surface area contributed by atoms with Crippen LogP contribution in [0.4, 0.5) is 4.39 Å². The number of hydrogen-bond donors (Lipinski definition) is 1. The summed E-state index contributed by atoms with van der Waals surface area (Å²) in [5.74, 6) is -0.274. The molecule has 5 nitrogen and oxygen atoms in total. The third kappa shape index (κ3) is 5.20. The average molecular weight is 423 g/mol. The van der Waals surface area contributed by atoms with Crippen molar-refractivity contribution >= 4 is 0 Å². The maximum absolute atomic E-state index is 13.2. The van der Waals surface area contributed by atoms with Gasteiger partial charge < -0.3 is 5.11 Å². The Kier molecular flexibility index (Phi) is 7.10. The number of likely N-dealkylation sites (tertiary alicyclic amines) is 1. The topological polar surface area (TPSA) is 54.2 Å². The van der Waals surface area contributed by atoms with Gasteiger partial charge in [-0.05, 0) is 49.2 Å². The van der Waals surface area contributed by atoms with E-state index >= 15 is 0 Å². The molecule has 0 radical (unpaired) electrons. The van der Waals surface area contributed by atoms with Gasteiger partial charge in [0.05, 0.1) is 18.3 Å². The molecule has 6 heteroatoms. The van der Waals surface area contributed by atoms with Crippen LogP contribution >= 0.6 is 0 Å². The maximum atomic E-state index is 13.2. The van der Waals surface area contributed by atoms with Crippen LogP contribution in [0, 0.1) is 5.82 Å². The second-order valence-corrected chi connectivity index (χ2v) is 8.44. The van der Waals surface area contributed by atoms with Crippen molar-refractivity contribution < 1.29 is 9.50 Å². The molecule has 2 aromatic carbocycles. The van der Waals surface area contributed by atoms with Crippen molar-refractivity contribution in [2.24, 2.45) is 0 Å². The van der Waals surface area contributed by atoms with Gasteiger partial charge in [-0.2, -0.15) is 0 Å². The van der Waals surface area contributed by atoms with E-state index in [1.54, 1.807) is 16.8 Å². The standard InChI is InChI=1S/C25H31FN4O/c1-2-3-4-8-15-29-18-25(31)24(16-23(29)20-9-6-5-7-10-20)30-17-22(27-28-30)19-11-13-21(26)14-12-19/h5-7,9-14,17,23-25,31H,2-4,8,15-16,18H2,1H3/t23-,24-,25-/m0/s1. The SMILES string of the molecule is CCCCCCN1C[C@H](O)[C@@H](n2cc(-c3ccc(F)cc3)nn2)C[C@H]1c1ccccc1. The Hall–Kier alpha value is -2.57. The number of rotatable bonds is 8. The number of unbranched alkanes of at least 4 members (excludes halogenated alkanes) is 3. The first-order chi connectivity index (χ1) is 15.2. The lowest BCUT2D eigenvalue weighted by atomic mass is 9.89. The molecule has 0 saturated carbocycles. The number of aliphatic hydroxyl groups is 1. The third-order valence-electron chi connectivity index (χ3n) is 6.24. The van der Waals surface area contributed by atoms with E-state index in [-0.39, 0.29) is 17.9 Å². The summed E-state index contributed by atoms with van der Waals surface area (Å²) in [6, 6.07) is 16.9. The fourth-order valence-electron chi connectivity index (χ4n) is 4.51. The smallest absolute Gasteiger partial charge is 0.123 e. The molecular weight excluding hydrogens is 391 g/mol. The van der Waals surface area contributed by atoms with Crippen LogP contribution in [-0.2, 0) is 0 Å². The molecule has 164 valence electrons. The predicted octanol–water partition coefficient (Wildman–Crippen LogP) is 5.01. The Labute approximate surface area is 183 Å². The molecule has 0 aliphatic carbocycles. The van der Waals surface area contributed by atoms with Gasteiger partial charge in [-0.3, -0.25) is 4.90 Å². The van der Waals surface area contributed by atoms with Crippen molar-refractivity contribution in [2.75, 3.05) is 13.1 Å². The zero-order valence-electron chi connectivity index (χ0n) is 18.1. The zero-order valence-corrected chi connectivity index (χ0v) is 18.1. The summed E-state index contributed by atoms with van der Waals surface area (Å²) in [5, 5.41) is 19.6. The summed E-state index contributed by atoms with van der Waals surface area (Å²) in [7, 11) is 0. The van der Waals surface area contributed by atoms with E-state index < -0.39 is 6.10 Å². The molecule has 4 rings (SSSR count). The van der Waals surface area contributed by atoms with Crippen molar-refractivity contribution in [3.63, 3.8) is 0 Å². The van der Waals surface area contributed by atoms with Gasteiger partial charge in [0.2, 0.25) is 0 Å². The molecule has 0 spiro atoms. The minimum atomic E-state index is -0.520. The summed E-state index contributed by atoms with van der Waals surface area (Å²) in [6.07, 6.45) is 6.94. The van der Waals surface area contributed by atoms with Crippen LogP contribution < -0.4 is 0 Å². The van der Waals surface area contributed by atoms with Gasteiger partial charge in [0.1, 0.15) is 11.5 Å². The largest absolute Gasteiger partial charge is 0.390 e. The molecule has 1 saturated heterocycles. The molecule has 2 heterocycles. The zero-order chi connectivity index (χ0) is 21.6. The molecule has 0 bridgehead atoms. The van der Waals surface area contributed by atoms with Gasteiger partial charge in [0.15, 0.2) is 0 Å². The van der Waals surface area contributed by atoms with E-state index in [1.165, 1.54) is 37.0 Å². The van der Waals surface area contributed by atoms with Crippen LogP contribution in [0.15, 0.2) is 60.8 Å². The summed E-state index contributed by atoms with van der Waals surface area (Å²) in [5.41, 5.74) is 2.77. The highest BCUT2D eigenvalue weighted by Crippen LogP contribution is 2.37. The van der Waals surface area contributed by atoms with E-state index in [0.29, 0.717) is 12.2 Å². The average Bonchev–Trinajstić information content (AvgIpc) is 3.28. The Morgan fingerprint density at radius 1 is 1.03 bits per heavy atom. The number of β-amino-alcohol motifs (C(OH)–C–C–N with tert-alkyl or cyclic N) is 1. The highest BCUT2D eigenvalue weighted by molar-refractivity contribution is 5.57. The number of piperidine rings is 1.